The molecule has 20 heavy (non-hydrogen) atoms. The molecule has 0 bridgehead atoms. The van der Waals surface area contributed by atoms with E-state index in [0.29, 0.717) is 18.1 Å². The van der Waals surface area contributed by atoms with Crippen LogP contribution in [0, 0.1) is 0 Å². The number of nitrogens with zero attached hydrogens (tertiary/aromatic N) is 1. The van der Waals surface area contributed by atoms with Gasteiger partial charge in [-0.1, -0.05) is 28.1 Å². The van der Waals surface area contributed by atoms with Crippen molar-refractivity contribution in [3.05, 3.63) is 34.3 Å². The second kappa shape index (κ2) is 7.58. The van der Waals surface area contributed by atoms with E-state index < -0.39 is 0 Å². The molecule has 1 aromatic rings. The van der Waals surface area contributed by atoms with E-state index in [-0.39, 0.29) is 0 Å². The van der Waals surface area contributed by atoms with Gasteiger partial charge in [0.05, 0.1) is 0 Å². The predicted octanol–water partition coefficient (Wildman–Crippen LogP) is 4.36. The molecule has 2 nitrogen and oxygen atoms in total. The lowest BCUT2D eigenvalue weighted by molar-refractivity contribution is 0.228. The van der Waals surface area contributed by atoms with Crippen LogP contribution in [-0.4, -0.2) is 30.1 Å². The van der Waals surface area contributed by atoms with Crippen LogP contribution in [0.1, 0.15) is 51.6 Å². The summed E-state index contributed by atoms with van der Waals surface area (Å²) in [5.41, 5.74) is 1.37. The van der Waals surface area contributed by atoms with Crippen LogP contribution in [0.5, 0.6) is 0 Å². The average molecular weight is 339 g/mol. The molecule has 2 rings (SSSR count). The summed E-state index contributed by atoms with van der Waals surface area (Å²) in [4.78, 5) is 2.60. The molecular weight excluding hydrogens is 312 g/mol. The van der Waals surface area contributed by atoms with Gasteiger partial charge in [0.15, 0.2) is 0 Å². The van der Waals surface area contributed by atoms with E-state index in [1.165, 1.54) is 37.9 Å². The van der Waals surface area contributed by atoms with E-state index >= 15 is 0 Å². The molecule has 0 radical (unpaired) electrons. The Hall–Kier alpha value is -0.380. The van der Waals surface area contributed by atoms with E-state index in [2.05, 4.69) is 71.2 Å². The first-order valence-corrected chi connectivity index (χ1v) is 8.61. The van der Waals surface area contributed by atoms with Gasteiger partial charge < -0.3 is 10.2 Å². The van der Waals surface area contributed by atoms with Gasteiger partial charge in [-0.25, -0.2) is 0 Å². The summed E-state index contributed by atoms with van der Waals surface area (Å²) in [6.07, 6.45) is 3.87. The van der Waals surface area contributed by atoms with Gasteiger partial charge in [0.1, 0.15) is 0 Å². The Labute approximate surface area is 132 Å². The third kappa shape index (κ3) is 4.57. The van der Waals surface area contributed by atoms with Crippen molar-refractivity contribution in [1.82, 2.24) is 10.2 Å². The summed E-state index contributed by atoms with van der Waals surface area (Å²) >= 11 is 3.50. The summed E-state index contributed by atoms with van der Waals surface area (Å²) < 4.78 is 1.15. The van der Waals surface area contributed by atoms with Gasteiger partial charge in [-0.05, 0) is 70.8 Å². The Morgan fingerprint density at radius 3 is 2.45 bits per heavy atom. The minimum Gasteiger partial charge on any atom is -0.307 e. The first kappa shape index (κ1) is 16.0. The second-order valence-corrected chi connectivity index (χ2v) is 7.11. The maximum atomic E-state index is 3.81. The van der Waals surface area contributed by atoms with Crippen LogP contribution in [0.2, 0.25) is 0 Å². The number of likely N-dealkylation sites (tertiary alicyclic amines) is 1. The molecule has 1 aromatic carbocycles. The van der Waals surface area contributed by atoms with Crippen molar-refractivity contribution in [1.29, 1.82) is 0 Å². The Bertz CT molecular complexity index is 402. The van der Waals surface area contributed by atoms with Crippen LogP contribution in [0.25, 0.3) is 0 Å². The molecule has 1 saturated heterocycles. The molecular formula is C17H27BrN2. The molecule has 0 aliphatic carbocycles. The molecule has 1 heterocycles. The highest BCUT2D eigenvalue weighted by Gasteiger charge is 2.20. The van der Waals surface area contributed by atoms with Crippen molar-refractivity contribution in [3.8, 4) is 0 Å². The smallest absolute Gasteiger partial charge is 0.0294 e. The summed E-state index contributed by atoms with van der Waals surface area (Å²) in [7, 11) is 0. The molecule has 112 valence electrons. The number of hydrogen-bond acceptors (Lipinski definition) is 2. The second-order valence-electron chi connectivity index (χ2n) is 6.20. The molecule has 3 heteroatoms. The van der Waals surface area contributed by atoms with Crippen molar-refractivity contribution in [2.24, 2.45) is 0 Å². The quantitative estimate of drug-likeness (QED) is 0.877. The van der Waals surface area contributed by atoms with Crippen LogP contribution in [0.4, 0.5) is 0 Å². The zero-order valence-electron chi connectivity index (χ0n) is 12.9. The molecule has 0 spiro atoms. The lowest BCUT2D eigenvalue weighted by Crippen LogP contribution is -2.34. The summed E-state index contributed by atoms with van der Waals surface area (Å²) in [6, 6.07) is 10.4. The normalized spacial score (nSPS) is 22.8. The average Bonchev–Trinajstić information content (AvgIpc) is 2.65. The molecule has 1 aliphatic heterocycles. The van der Waals surface area contributed by atoms with Crippen LogP contribution in [-0.2, 0) is 0 Å². The predicted molar refractivity (Wildman–Crippen MR) is 90.0 cm³/mol. The third-order valence-electron chi connectivity index (χ3n) is 4.35. The fourth-order valence-electron chi connectivity index (χ4n) is 3.00. The highest BCUT2D eigenvalue weighted by atomic mass is 79.9. The lowest BCUT2D eigenvalue weighted by atomic mass is 10.0. The van der Waals surface area contributed by atoms with Gasteiger partial charge in [-0.15, -0.1) is 0 Å². The highest BCUT2D eigenvalue weighted by molar-refractivity contribution is 9.10. The van der Waals surface area contributed by atoms with Crippen molar-refractivity contribution < 1.29 is 0 Å². The van der Waals surface area contributed by atoms with Gasteiger partial charge in [-0.2, -0.15) is 0 Å². The van der Waals surface area contributed by atoms with Gasteiger partial charge in [0.25, 0.3) is 0 Å². The Balaban J connectivity index is 1.88. The Morgan fingerprint density at radius 2 is 1.80 bits per heavy atom. The first-order chi connectivity index (χ1) is 9.56. The molecule has 0 saturated carbocycles. The van der Waals surface area contributed by atoms with Gasteiger partial charge in [0.2, 0.25) is 0 Å². The Kier molecular flexibility index (Phi) is 6.06. The fourth-order valence-corrected chi connectivity index (χ4v) is 3.27. The molecule has 2 unspecified atom stereocenters. The van der Waals surface area contributed by atoms with Crippen LogP contribution >= 0.6 is 15.9 Å². The summed E-state index contributed by atoms with van der Waals surface area (Å²) in [6.45, 7) is 9.36. The highest BCUT2D eigenvalue weighted by Crippen LogP contribution is 2.20. The third-order valence-corrected chi connectivity index (χ3v) is 4.88. The summed E-state index contributed by atoms with van der Waals surface area (Å²) in [5.74, 6) is 0. The van der Waals surface area contributed by atoms with E-state index in [0.717, 1.165) is 4.47 Å². The maximum Gasteiger partial charge on any atom is 0.0294 e. The topological polar surface area (TPSA) is 15.3 Å². The maximum absolute atomic E-state index is 3.81. The van der Waals surface area contributed by atoms with E-state index in [4.69, 9.17) is 0 Å². The molecule has 1 fully saturated rings. The van der Waals surface area contributed by atoms with Crippen molar-refractivity contribution in [2.75, 3.05) is 13.1 Å². The van der Waals surface area contributed by atoms with E-state index in [1.54, 1.807) is 0 Å². The number of rotatable bonds is 4. The number of benzene rings is 1. The molecule has 0 amide bonds. The van der Waals surface area contributed by atoms with Gasteiger partial charge in [0, 0.05) is 22.6 Å². The van der Waals surface area contributed by atoms with E-state index in [1.807, 2.05) is 0 Å². The fraction of sp³-hybridized carbons (Fsp3) is 0.647. The zero-order chi connectivity index (χ0) is 14.5. The number of hydrogen-bond donors (Lipinski definition) is 1. The number of nitrogens with one attached hydrogen (secondary N) is 1. The molecule has 1 aliphatic rings. The first-order valence-electron chi connectivity index (χ1n) is 7.82. The standard InChI is InChI=1S/C17H27BrN2/c1-13(2)20-11-4-5-17(10-12-20)19-14(3)15-6-8-16(18)9-7-15/h6-9,13-14,17,19H,4-5,10-12H2,1-3H3. The van der Waals surface area contributed by atoms with E-state index in [9.17, 15) is 0 Å². The molecule has 0 aromatic heterocycles. The largest absolute Gasteiger partial charge is 0.307 e. The van der Waals surface area contributed by atoms with Crippen LogP contribution in [0.3, 0.4) is 0 Å². The zero-order valence-corrected chi connectivity index (χ0v) is 14.5. The van der Waals surface area contributed by atoms with Gasteiger partial charge in [-0.3, -0.25) is 0 Å². The summed E-state index contributed by atoms with van der Waals surface area (Å²) in [5, 5.41) is 3.81. The number of halogens is 1. The SMILES string of the molecule is CC(NC1CCCN(C(C)C)CC1)c1ccc(Br)cc1. The van der Waals surface area contributed by atoms with Crippen LogP contribution in [0.15, 0.2) is 28.7 Å². The van der Waals surface area contributed by atoms with Crippen molar-refractivity contribution >= 4 is 15.9 Å². The minimum absolute atomic E-state index is 0.429. The van der Waals surface area contributed by atoms with Crippen molar-refractivity contribution in [3.63, 3.8) is 0 Å². The Morgan fingerprint density at radius 1 is 1.10 bits per heavy atom. The van der Waals surface area contributed by atoms with Gasteiger partial charge >= 0.3 is 0 Å². The molecule has 2 atom stereocenters. The lowest BCUT2D eigenvalue weighted by Gasteiger charge is -2.25. The molecule has 1 N–H and O–H groups in total. The van der Waals surface area contributed by atoms with Crippen LogP contribution < -0.4 is 5.32 Å². The monoisotopic (exact) mass is 338 g/mol. The van der Waals surface area contributed by atoms with Crippen molar-refractivity contribution in [2.45, 2.75) is 58.2 Å². The minimum atomic E-state index is 0.429.